The molecule has 7 aliphatic carbocycles. The number of anilines is 1. The van der Waals surface area contributed by atoms with Gasteiger partial charge < -0.3 is 110 Å². The molecule has 2 aromatic carbocycles. The number of hydrogen-bond acceptors (Lipinski definition) is 25. The molecule has 0 aromatic heterocycles. The van der Waals surface area contributed by atoms with Crippen LogP contribution < -0.4 is 53.7 Å². The number of nitrogens with zero attached hydrogens (tertiary/aromatic N) is 3. The van der Waals surface area contributed by atoms with Crippen molar-refractivity contribution in [3.05, 3.63) is 58.7 Å². The lowest BCUT2D eigenvalue weighted by atomic mass is 9.49. The van der Waals surface area contributed by atoms with E-state index in [1.54, 1.807) is 26.0 Å². The normalized spacial score (nSPS) is 24.4. The lowest BCUT2D eigenvalue weighted by Crippen LogP contribution is -2.60. The summed E-state index contributed by atoms with van der Waals surface area (Å²) in [6, 6.07) is 6.11. The Labute approximate surface area is 798 Å². The zero-order chi connectivity index (χ0) is 97.4. The summed E-state index contributed by atoms with van der Waals surface area (Å²) in [7, 11) is 6.22. The van der Waals surface area contributed by atoms with E-state index < -0.39 is 94.7 Å². The van der Waals surface area contributed by atoms with Crippen LogP contribution in [0.1, 0.15) is 218 Å². The van der Waals surface area contributed by atoms with Crippen molar-refractivity contribution in [3.8, 4) is 17.6 Å². The van der Waals surface area contributed by atoms with Crippen molar-refractivity contribution < 1.29 is 110 Å². The Balaban J connectivity index is 0.702. The number of carbonyl (C=O) groups is 10. The van der Waals surface area contributed by atoms with E-state index in [4.69, 9.17) is 58.2 Å². The van der Waals surface area contributed by atoms with Crippen molar-refractivity contribution in [2.24, 2.45) is 62.3 Å². The molecular formula is C100H158N13O22+. The summed E-state index contributed by atoms with van der Waals surface area (Å²) in [5, 5.41) is 50.7. The van der Waals surface area contributed by atoms with Crippen molar-refractivity contribution in [2.45, 2.75) is 250 Å². The van der Waals surface area contributed by atoms with Gasteiger partial charge in [0.25, 0.3) is 0 Å². The van der Waals surface area contributed by atoms with Crippen LogP contribution in [0.25, 0.3) is 0 Å². The third kappa shape index (κ3) is 34.1. The molecule has 754 valence electrons. The van der Waals surface area contributed by atoms with E-state index >= 15 is 0 Å². The molecular weight excluding hydrogens is 1740 g/mol. The molecule has 0 saturated heterocycles. The minimum absolute atomic E-state index is 0.00131. The Morgan fingerprint density at radius 1 is 0.533 bits per heavy atom. The van der Waals surface area contributed by atoms with Gasteiger partial charge in [-0.15, -0.1) is 11.8 Å². The standard InChI is InChI=1S/C100H157N13O22/c1-68(2)88(93(122)106-69(3)90(119)109-81(65-114)92(121)107-72-32-28-70-30-34-83-97(4,77(70)63-72)38-21-40-99(83,6)94(123)111-95(124)100(7)41-22-39-98(5)78-64-73(115)33-29-71(78)31-35-84(98)100)110-91(120)80(108-86(117)37-48-127-52-56-131-60-62-133-58-54-129-50-45-105-96(125)135-66-76-74-23-15-11-12-16-24-75(74)76)26-18-14-20-42-103-87(118)67-134-82-27-19-13-17-25-79(89(82)112-101)102-44-49-128-53-57-132-61-59-130-55-51-126-47-36-85(116)104-43-46-113(8,9)10/h28-29,32-33,63-64,68-69,74-76,80-84,88,114H,13-27,30-31,34-62,65-67H2,1-10H3,(H11-,101,102,103,104,105,106,107,108,109,110,111,115,116,117,118,119,120,121,122,123,124,125)/p+1/t69-,74-,75+,76?,80+,81-,82?,83+,84+,88-,97+,98+,99-,100-/m0/s1. The fraction of sp³-hybridized carbons (Fsp3) is 0.740. The van der Waals surface area contributed by atoms with Crippen molar-refractivity contribution >= 4 is 76.4 Å². The maximum Gasteiger partial charge on any atom is 0.407 e. The van der Waals surface area contributed by atoms with Crippen molar-refractivity contribution in [1.29, 1.82) is 0 Å². The molecule has 14 atom stereocenters. The highest BCUT2D eigenvalue weighted by Crippen LogP contribution is 2.60. The molecule has 2 unspecified atom stereocenters. The number of quaternary nitrogens is 1. The number of benzene rings is 2. The van der Waals surface area contributed by atoms with Crippen molar-refractivity contribution in [2.75, 3.05) is 185 Å². The number of fused-ring (bicyclic) bond motifs is 7. The van der Waals surface area contributed by atoms with E-state index in [-0.39, 0.29) is 99.0 Å². The molecule has 0 spiro atoms. The molecule has 135 heavy (non-hydrogen) atoms. The van der Waals surface area contributed by atoms with Gasteiger partial charge in [0.1, 0.15) is 48.3 Å². The molecule has 9 rings (SSSR count). The first-order valence-corrected chi connectivity index (χ1v) is 49.5. The number of carbonyl (C=O) groups excluding carboxylic acids is 10. The number of imide groups is 1. The first-order chi connectivity index (χ1) is 64.8. The number of aromatic hydroxyl groups is 1. The highest BCUT2D eigenvalue weighted by Gasteiger charge is 2.59. The number of amides is 10. The molecule has 35 nitrogen and oxygen atoms in total. The second-order valence-corrected chi connectivity index (χ2v) is 39.5. The smallest absolute Gasteiger partial charge is 0.407 e. The number of aryl methyl sites for hydroxylation is 2. The number of aliphatic hydroxyl groups is 1. The van der Waals surface area contributed by atoms with Gasteiger partial charge in [0.05, 0.1) is 176 Å². The van der Waals surface area contributed by atoms with Gasteiger partial charge in [0, 0.05) is 44.5 Å². The molecule has 10 amide bonds. The van der Waals surface area contributed by atoms with E-state index in [2.05, 4.69) is 99.8 Å². The number of hydrogen-bond donors (Lipinski definition) is 12. The number of nitrogens with one attached hydrogen (secondary N) is 9. The van der Waals surface area contributed by atoms with Crippen LogP contribution in [0, 0.1) is 58.2 Å². The van der Waals surface area contributed by atoms with Crippen LogP contribution >= 0.6 is 0 Å². The summed E-state index contributed by atoms with van der Waals surface area (Å²) in [4.78, 5) is 143. The molecule has 0 bridgehead atoms. The quantitative estimate of drug-likeness (QED) is 0.00793. The minimum atomic E-state index is -1.46. The summed E-state index contributed by atoms with van der Waals surface area (Å²) in [5.74, 6) is 9.12. The number of rotatable bonds is 57. The molecule has 7 aliphatic rings. The topological polar surface area (TPSA) is 462 Å². The van der Waals surface area contributed by atoms with Crippen molar-refractivity contribution in [1.82, 2.24) is 42.5 Å². The van der Waals surface area contributed by atoms with Gasteiger partial charge in [0.2, 0.25) is 53.2 Å². The van der Waals surface area contributed by atoms with Crippen LogP contribution in [0.2, 0.25) is 0 Å². The predicted molar refractivity (Wildman–Crippen MR) is 510 cm³/mol. The van der Waals surface area contributed by atoms with Crippen LogP contribution in [-0.2, 0) is 114 Å². The number of phenols is 1. The van der Waals surface area contributed by atoms with Crippen LogP contribution in [0.4, 0.5) is 10.5 Å². The fourth-order valence-electron chi connectivity index (χ4n) is 20.6. The van der Waals surface area contributed by atoms with E-state index in [0.29, 0.717) is 211 Å². The zero-order valence-electron chi connectivity index (χ0n) is 81.9. The fourth-order valence-corrected chi connectivity index (χ4v) is 20.6. The first kappa shape index (κ1) is 110. The lowest BCUT2D eigenvalue weighted by molar-refractivity contribution is -0.869. The monoisotopic (exact) mass is 1890 g/mol. The number of nitrogens with two attached hydrogens (primary N) is 1. The largest absolute Gasteiger partial charge is 0.508 e. The lowest BCUT2D eigenvalue weighted by Gasteiger charge is -2.56. The van der Waals surface area contributed by atoms with Gasteiger partial charge in [-0.1, -0.05) is 92.2 Å². The van der Waals surface area contributed by atoms with Crippen LogP contribution in [0.15, 0.2) is 46.5 Å². The predicted octanol–water partition coefficient (Wildman–Crippen LogP) is 6.98. The average molecular weight is 1890 g/mol. The number of ether oxygens (including phenoxy) is 10. The summed E-state index contributed by atoms with van der Waals surface area (Å²) in [6.45, 7) is 19.8. The number of phenolic OH excluding ortho intramolecular Hbond substituents is 1. The molecule has 0 radical (unpaired) electrons. The Bertz CT molecular complexity index is 4290. The van der Waals surface area contributed by atoms with Gasteiger partial charge in [-0.2, -0.15) is 5.10 Å². The second kappa shape index (κ2) is 55.7. The van der Waals surface area contributed by atoms with Gasteiger partial charge in [-0.25, -0.2) is 4.79 Å². The third-order valence-corrected chi connectivity index (χ3v) is 28.3. The Morgan fingerprint density at radius 2 is 1.09 bits per heavy atom. The summed E-state index contributed by atoms with van der Waals surface area (Å²) < 4.78 is 57.5. The zero-order valence-corrected chi connectivity index (χ0v) is 81.9. The highest BCUT2D eigenvalue weighted by molar-refractivity contribution is 6.44. The number of aliphatic imine (C=N–C) groups is 1. The number of hydrazone groups is 1. The maximum atomic E-state index is 14.9. The molecule has 4 fully saturated rings. The van der Waals surface area contributed by atoms with Gasteiger partial charge in [0.15, 0.2) is 0 Å². The van der Waals surface area contributed by atoms with Crippen LogP contribution in [-0.4, -0.2) is 295 Å². The number of unbranched alkanes of at least 4 members (excludes halogenated alkanes) is 2. The number of alkyl carbamates (subject to hydrolysis) is 1. The van der Waals surface area contributed by atoms with Gasteiger partial charge >= 0.3 is 6.09 Å². The molecule has 35 heteroatoms. The van der Waals surface area contributed by atoms with E-state index in [1.165, 1.54) is 12.5 Å². The Morgan fingerprint density at radius 3 is 1.67 bits per heavy atom. The Kier molecular flexibility index (Phi) is 45.3. The number of aliphatic hydroxyl groups excluding tert-OH is 1. The number of likely N-dealkylation sites (N-methyl/N-ethyl adjacent to an activating group) is 1. The maximum absolute atomic E-state index is 14.9. The third-order valence-electron chi connectivity index (χ3n) is 28.3. The molecule has 0 aliphatic heterocycles. The minimum Gasteiger partial charge on any atom is -0.508 e. The van der Waals surface area contributed by atoms with Crippen LogP contribution in [0.5, 0.6) is 5.75 Å². The van der Waals surface area contributed by atoms with E-state index in [0.717, 1.165) is 105 Å². The summed E-state index contributed by atoms with van der Waals surface area (Å²) >= 11 is 0. The summed E-state index contributed by atoms with van der Waals surface area (Å²) in [5.41, 5.74) is 3.32. The van der Waals surface area contributed by atoms with E-state index in [9.17, 15) is 58.2 Å². The second-order valence-electron chi connectivity index (χ2n) is 39.5. The molecule has 4 saturated carbocycles. The molecule has 2 aromatic rings. The molecule has 0 heterocycles. The molecule has 13 N–H and O–H groups in total. The highest BCUT2D eigenvalue weighted by atomic mass is 16.6. The van der Waals surface area contributed by atoms with Crippen molar-refractivity contribution in [3.63, 3.8) is 0 Å². The van der Waals surface area contributed by atoms with Gasteiger partial charge in [-0.3, -0.25) is 53.5 Å². The Hall–Kier alpha value is -8.80. The average Bonchev–Trinajstić information content (AvgIpc) is 1.58. The SMILES string of the molecule is CC(C)[C@H](NC(=O)[C@@H](CCCCCNC(=O)COC1CCCCCC(=NCCOCCOCCOCCOCCC(=O)NCC[N+](C)(C)C)C1=NN)NC(=O)CCOCCOCCOCCOCCNC(=O)OCC1[C@H]2CCC#CCC[C@@H]12)C(=O)N[C@@H](C)C(=O)N[C@@H](CO)C(=O)Nc1ccc2c(c1)[C@@]1(C)CCC[C@](C)(C(=O)NC(=O)[C@@]3(C)CCC[C@]4(C)c5cc(O)ccc5CC[C@@H]34)[C@@H]1CC2. The summed E-state index contributed by atoms with van der Waals surface area (Å²) in [6.07, 6.45) is 15.9. The van der Waals surface area contributed by atoms with Crippen LogP contribution in [0.3, 0.4) is 0 Å². The first-order valence-electron chi connectivity index (χ1n) is 49.5. The van der Waals surface area contributed by atoms with E-state index in [1.807, 2.05) is 38.1 Å². The van der Waals surface area contributed by atoms with Gasteiger partial charge in [-0.05, 0) is 196 Å².